The standard InChI is InChI=1S/C27H32N2O5S/c1-32-20-12-13-23(24(16-20)33-2)26(27(31)28-19-8-4-3-5-9-19)29(18-21-10-6-14-34-21)25(30)17-22-11-7-15-35-22/h6-7,10-16,19,26H,3-5,8-9,17-18H2,1-2H3,(H,28,31)/t26-/m0/s1. The summed E-state index contributed by atoms with van der Waals surface area (Å²) in [5.41, 5.74) is 0.604. The van der Waals surface area contributed by atoms with Crippen molar-refractivity contribution in [2.45, 2.75) is 57.2 Å². The van der Waals surface area contributed by atoms with E-state index in [1.807, 2.05) is 23.6 Å². The lowest BCUT2D eigenvalue weighted by Crippen LogP contribution is -2.47. The van der Waals surface area contributed by atoms with E-state index in [2.05, 4.69) is 5.32 Å². The maximum Gasteiger partial charge on any atom is 0.247 e. The predicted octanol–water partition coefficient (Wildman–Crippen LogP) is 5.12. The van der Waals surface area contributed by atoms with Crippen LogP contribution in [-0.2, 0) is 22.6 Å². The van der Waals surface area contributed by atoms with Crippen LogP contribution in [0.15, 0.2) is 58.5 Å². The molecule has 4 rings (SSSR count). The van der Waals surface area contributed by atoms with Gasteiger partial charge in [0.25, 0.3) is 0 Å². The van der Waals surface area contributed by atoms with Crippen LogP contribution in [0, 0.1) is 0 Å². The molecule has 0 radical (unpaired) electrons. The van der Waals surface area contributed by atoms with E-state index >= 15 is 0 Å². The molecule has 0 bridgehead atoms. The molecule has 0 aliphatic heterocycles. The third-order valence-corrected chi connectivity index (χ3v) is 7.26. The van der Waals surface area contributed by atoms with Crippen molar-refractivity contribution in [3.05, 3.63) is 70.3 Å². The van der Waals surface area contributed by atoms with Gasteiger partial charge in [0.1, 0.15) is 23.3 Å². The van der Waals surface area contributed by atoms with Crippen LogP contribution in [0.2, 0.25) is 0 Å². The molecule has 1 aliphatic rings. The molecule has 1 atom stereocenters. The van der Waals surface area contributed by atoms with Crippen molar-refractivity contribution in [2.75, 3.05) is 14.2 Å². The van der Waals surface area contributed by atoms with Gasteiger partial charge in [-0.2, -0.15) is 0 Å². The number of hydrogen-bond donors (Lipinski definition) is 1. The van der Waals surface area contributed by atoms with Gasteiger partial charge < -0.3 is 24.1 Å². The molecule has 1 aliphatic carbocycles. The molecule has 2 amide bonds. The number of benzene rings is 1. The highest BCUT2D eigenvalue weighted by atomic mass is 32.1. The number of methoxy groups -OCH3 is 2. The molecule has 7 nitrogen and oxygen atoms in total. The minimum absolute atomic E-state index is 0.0980. The molecule has 8 heteroatoms. The number of amides is 2. The van der Waals surface area contributed by atoms with Gasteiger partial charge in [-0.15, -0.1) is 11.3 Å². The van der Waals surface area contributed by atoms with Crippen molar-refractivity contribution < 1.29 is 23.5 Å². The molecule has 0 spiro atoms. The quantitative estimate of drug-likeness (QED) is 0.421. The summed E-state index contributed by atoms with van der Waals surface area (Å²) in [5.74, 6) is 1.32. The van der Waals surface area contributed by atoms with E-state index in [9.17, 15) is 9.59 Å². The Morgan fingerprint density at radius 1 is 1.11 bits per heavy atom. The summed E-state index contributed by atoms with van der Waals surface area (Å²) in [6, 6.07) is 12.0. The first kappa shape index (κ1) is 24.9. The number of furan rings is 1. The molecular formula is C27H32N2O5S. The van der Waals surface area contributed by atoms with E-state index < -0.39 is 6.04 Å². The largest absolute Gasteiger partial charge is 0.497 e. The fourth-order valence-corrected chi connectivity index (χ4v) is 5.28. The van der Waals surface area contributed by atoms with Gasteiger partial charge >= 0.3 is 0 Å². The lowest BCUT2D eigenvalue weighted by molar-refractivity contribution is -0.141. The molecule has 0 unspecified atom stereocenters. The number of ether oxygens (including phenoxy) is 2. The molecule has 35 heavy (non-hydrogen) atoms. The summed E-state index contributed by atoms with van der Waals surface area (Å²) >= 11 is 1.52. The average Bonchev–Trinajstić information content (AvgIpc) is 3.59. The maximum absolute atomic E-state index is 13.9. The zero-order valence-corrected chi connectivity index (χ0v) is 21.0. The third kappa shape index (κ3) is 6.25. The predicted molar refractivity (Wildman–Crippen MR) is 135 cm³/mol. The van der Waals surface area contributed by atoms with Crippen LogP contribution in [0.4, 0.5) is 0 Å². The fraction of sp³-hybridized carbons (Fsp3) is 0.407. The highest BCUT2D eigenvalue weighted by Crippen LogP contribution is 2.35. The Hall–Kier alpha value is -3.26. The Kier molecular flexibility index (Phi) is 8.47. The highest BCUT2D eigenvalue weighted by Gasteiger charge is 2.35. The van der Waals surface area contributed by atoms with Gasteiger partial charge in [0.2, 0.25) is 11.8 Å². The van der Waals surface area contributed by atoms with Crippen LogP contribution >= 0.6 is 11.3 Å². The van der Waals surface area contributed by atoms with Crippen molar-refractivity contribution in [3.63, 3.8) is 0 Å². The second-order valence-corrected chi connectivity index (χ2v) is 9.74. The Bertz CT molecular complexity index is 1090. The first-order valence-electron chi connectivity index (χ1n) is 12.0. The summed E-state index contributed by atoms with van der Waals surface area (Å²) in [6.45, 7) is 0.162. The van der Waals surface area contributed by atoms with Gasteiger partial charge in [0.05, 0.1) is 33.4 Å². The Balaban J connectivity index is 1.73. The minimum atomic E-state index is -0.893. The number of rotatable bonds is 10. The lowest BCUT2D eigenvalue weighted by Gasteiger charge is -2.33. The SMILES string of the molecule is COc1ccc([C@@H](C(=O)NC2CCCCC2)N(Cc2ccco2)C(=O)Cc2cccs2)c(OC)c1. The molecule has 2 aromatic heterocycles. The molecule has 186 valence electrons. The van der Waals surface area contributed by atoms with Crippen molar-refractivity contribution in [1.29, 1.82) is 0 Å². The Morgan fingerprint density at radius 3 is 2.60 bits per heavy atom. The zero-order valence-electron chi connectivity index (χ0n) is 20.2. The van der Waals surface area contributed by atoms with Crippen LogP contribution in [0.25, 0.3) is 0 Å². The summed E-state index contributed by atoms with van der Waals surface area (Å²) < 4.78 is 16.6. The van der Waals surface area contributed by atoms with Crippen molar-refractivity contribution in [1.82, 2.24) is 10.2 Å². The molecule has 1 fully saturated rings. The van der Waals surface area contributed by atoms with Gasteiger partial charge in [-0.25, -0.2) is 0 Å². The van der Waals surface area contributed by atoms with Crippen molar-refractivity contribution >= 4 is 23.2 Å². The number of carbonyl (C=O) groups is 2. The number of thiophene rings is 1. The van der Waals surface area contributed by atoms with E-state index in [0.29, 0.717) is 22.8 Å². The van der Waals surface area contributed by atoms with Crippen molar-refractivity contribution in [3.8, 4) is 11.5 Å². The monoisotopic (exact) mass is 496 g/mol. The van der Waals surface area contributed by atoms with E-state index in [0.717, 1.165) is 30.6 Å². The zero-order chi connectivity index (χ0) is 24.6. The lowest BCUT2D eigenvalue weighted by atomic mass is 9.94. The number of nitrogens with zero attached hydrogens (tertiary/aromatic N) is 1. The fourth-order valence-electron chi connectivity index (χ4n) is 4.58. The normalized spacial score (nSPS) is 14.8. The first-order valence-corrected chi connectivity index (χ1v) is 12.8. The van der Waals surface area contributed by atoms with Crippen LogP contribution in [0.5, 0.6) is 11.5 Å². The summed E-state index contributed by atoms with van der Waals surface area (Å²) in [6.07, 6.45) is 7.03. The average molecular weight is 497 g/mol. The molecule has 1 saturated carbocycles. The molecule has 1 N–H and O–H groups in total. The number of carbonyl (C=O) groups excluding carboxylic acids is 2. The summed E-state index contributed by atoms with van der Waals surface area (Å²) in [7, 11) is 3.13. The van der Waals surface area contributed by atoms with Gasteiger partial charge in [-0.3, -0.25) is 9.59 Å². The molecule has 3 aromatic rings. The second-order valence-electron chi connectivity index (χ2n) is 8.71. The van der Waals surface area contributed by atoms with Gasteiger partial charge in [0.15, 0.2) is 0 Å². The molecular weight excluding hydrogens is 464 g/mol. The Morgan fingerprint density at radius 2 is 1.94 bits per heavy atom. The first-order chi connectivity index (χ1) is 17.1. The van der Waals surface area contributed by atoms with Gasteiger partial charge in [0, 0.05) is 22.5 Å². The van der Waals surface area contributed by atoms with Gasteiger partial charge in [-0.05, 0) is 48.6 Å². The smallest absolute Gasteiger partial charge is 0.247 e. The molecule has 0 saturated heterocycles. The van der Waals surface area contributed by atoms with E-state index in [1.54, 1.807) is 49.6 Å². The maximum atomic E-state index is 13.9. The third-order valence-electron chi connectivity index (χ3n) is 6.38. The van der Waals surface area contributed by atoms with Gasteiger partial charge in [-0.1, -0.05) is 25.3 Å². The Labute approximate surface area is 210 Å². The van der Waals surface area contributed by atoms with E-state index in [4.69, 9.17) is 13.9 Å². The summed E-state index contributed by atoms with van der Waals surface area (Å²) in [5, 5.41) is 5.17. The van der Waals surface area contributed by atoms with E-state index in [-0.39, 0.29) is 30.8 Å². The van der Waals surface area contributed by atoms with E-state index in [1.165, 1.54) is 17.8 Å². The number of hydrogen-bond acceptors (Lipinski definition) is 6. The molecule has 2 heterocycles. The van der Waals surface area contributed by atoms with Crippen molar-refractivity contribution in [2.24, 2.45) is 0 Å². The number of nitrogens with one attached hydrogen (secondary N) is 1. The second kappa shape index (κ2) is 11.9. The van der Waals surface area contributed by atoms with Crippen LogP contribution in [0.3, 0.4) is 0 Å². The molecule has 1 aromatic carbocycles. The van der Waals surface area contributed by atoms with Crippen LogP contribution in [-0.4, -0.2) is 37.0 Å². The topological polar surface area (TPSA) is 81.0 Å². The van der Waals surface area contributed by atoms with Crippen LogP contribution in [0.1, 0.15) is 54.3 Å². The van der Waals surface area contributed by atoms with Crippen LogP contribution < -0.4 is 14.8 Å². The summed E-state index contributed by atoms with van der Waals surface area (Å²) in [4.78, 5) is 30.1. The minimum Gasteiger partial charge on any atom is -0.497 e. The highest BCUT2D eigenvalue weighted by molar-refractivity contribution is 7.10.